The lowest BCUT2D eigenvalue weighted by molar-refractivity contribution is -0.142. The van der Waals surface area contributed by atoms with E-state index in [4.69, 9.17) is 21.1 Å². The minimum Gasteiger partial charge on any atom is -0.493 e. The fourth-order valence-electron chi connectivity index (χ4n) is 5.44. The van der Waals surface area contributed by atoms with Gasteiger partial charge in [0.15, 0.2) is 0 Å². The number of carboxylic acids is 1. The highest BCUT2D eigenvalue weighted by molar-refractivity contribution is 6.32. The molecular formula is C35H42ClNO5. The molecule has 0 fully saturated rings. The first-order valence-electron chi connectivity index (χ1n) is 15.1. The Kier molecular flexibility index (Phi) is 12.1. The van der Waals surface area contributed by atoms with E-state index in [1.165, 1.54) is 11.1 Å². The van der Waals surface area contributed by atoms with E-state index in [1.807, 2.05) is 36.4 Å². The van der Waals surface area contributed by atoms with Crippen molar-refractivity contribution in [3.63, 3.8) is 0 Å². The standard InChI is InChI=1S/C35H42ClNO5/c1-25-29(17-11-18-30(25)26-12-3-2-4-13-26)24-42-33-23-32-28(22-31(33)36)16-6-5-14-27(35(39)40)15-7-9-20-37-34(38)19-8-10-21-41-32/h2-4,11-13,17-18,22-23,27H,5-10,14-16,19-21,24H2,1H3,(H,37,38)(H,39,40)/t27-/m0/s1. The van der Waals surface area contributed by atoms with Crippen molar-refractivity contribution >= 4 is 23.5 Å². The summed E-state index contributed by atoms with van der Waals surface area (Å²) in [5.41, 5.74) is 5.57. The molecule has 0 bridgehead atoms. The zero-order valence-corrected chi connectivity index (χ0v) is 25.3. The van der Waals surface area contributed by atoms with E-state index in [1.54, 1.807) is 0 Å². The first-order chi connectivity index (χ1) is 20.4. The number of carbonyl (C=O) groups is 2. The van der Waals surface area contributed by atoms with Gasteiger partial charge in [-0.05, 0) is 85.8 Å². The highest BCUT2D eigenvalue weighted by Crippen LogP contribution is 2.35. The fourth-order valence-corrected chi connectivity index (χ4v) is 5.68. The first kappa shape index (κ1) is 31.4. The monoisotopic (exact) mass is 591 g/mol. The number of hydrogen-bond acceptors (Lipinski definition) is 4. The molecule has 3 aromatic carbocycles. The van der Waals surface area contributed by atoms with E-state index < -0.39 is 5.97 Å². The Labute approximate surface area is 254 Å². The fraction of sp³-hybridized carbons (Fsp3) is 0.429. The number of ether oxygens (including phenoxy) is 2. The van der Waals surface area contributed by atoms with Crippen LogP contribution in [0.2, 0.25) is 5.02 Å². The average molecular weight is 592 g/mol. The molecule has 42 heavy (non-hydrogen) atoms. The molecule has 7 heteroatoms. The number of aryl methyl sites for hydroxylation is 1. The second-order valence-electron chi connectivity index (χ2n) is 11.1. The van der Waals surface area contributed by atoms with Crippen molar-refractivity contribution in [2.45, 2.75) is 77.7 Å². The maximum atomic E-state index is 12.2. The van der Waals surface area contributed by atoms with Gasteiger partial charge >= 0.3 is 5.97 Å². The lowest BCUT2D eigenvalue weighted by atomic mass is 9.94. The highest BCUT2D eigenvalue weighted by atomic mass is 35.5. The molecule has 1 aliphatic rings. The van der Waals surface area contributed by atoms with Gasteiger partial charge in [-0.3, -0.25) is 9.59 Å². The van der Waals surface area contributed by atoms with Crippen LogP contribution in [0.4, 0.5) is 0 Å². The van der Waals surface area contributed by atoms with Crippen LogP contribution in [0, 0.1) is 12.8 Å². The molecule has 2 N–H and O–H groups in total. The van der Waals surface area contributed by atoms with Crippen LogP contribution in [-0.4, -0.2) is 30.1 Å². The van der Waals surface area contributed by atoms with E-state index in [2.05, 4.69) is 36.5 Å². The Hall–Kier alpha value is -3.51. The number of carboxylic acid groups (broad SMARTS) is 1. The molecular weight excluding hydrogens is 550 g/mol. The molecule has 0 unspecified atom stereocenters. The van der Waals surface area contributed by atoms with Crippen LogP contribution in [0.5, 0.6) is 11.5 Å². The van der Waals surface area contributed by atoms with Crippen molar-refractivity contribution in [3.05, 3.63) is 82.4 Å². The van der Waals surface area contributed by atoms with Crippen LogP contribution < -0.4 is 14.8 Å². The quantitative estimate of drug-likeness (QED) is 0.313. The van der Waals surface area contributed by atoms with Gasteiger partial charge in [-0.1, -0.05) is 73.0 Å². The number of nitrogens with one attached hydrogen (secondary N) is 1. The van der Waals surface area contributed by atoms with Gasteiger partial charge in [0.2, 0.25) is 5.91 Å². The van der Waals surface area contributed by atoms with Crippen molar-refractivity contribution in [1.29, 1.82) is 0 Å². The number of aliphatic carboxylic acids is 1. The number of fused-ring (bicyclic) bond motifs is 1. The third-order valence-electron chi connectivity index (χ3n) is 7.98. The van der Waals surface area contributed by atoms with Gasteiger partial charge in [-0.25, -0.2) is 0 Å². The van der Waals surface area contributed by atoms with Crippen LogP contribution in [0.1, 0.15) is 74.5 Å². The van der Waals surface area contributed by atoms with Crippen molar-refractivity contribution in [3.8, 4) is 22.6 Å². The first-order valence-corrected chi connectivity index (χ1v) is 15.5. The minimum absolute atomic E-state index is 0.0281. The summed E-state index contributed by atoms with van der Waals surface area (Å²) in [4.78, 5) is 23.9. The molecule has 6 nitrogen and oxygen atoms in total. The highest BCUT2D eigenvalue weighted by Gasteiger charge is 2.18. The largest absolute Gasteiger partial charge is 0.493 e. The summed E-state index contributed by atoms with van der Waals surface area (Å²) in [6.45, 7) is 3.56. The Morgan fingerprint density at radius 2 is 1.74 bits per heavy atom. The second kappa shape index (κ2) is 16.2. The maximum Gasteiger partial charge on any atom is 0.306 e. The molecule has 0 aromatic heterocycles. The average Bonchev–Trinajstić information content (AvgIpc) is 2.98. The summed E-state index contributed by atoms with van der Waals surface area (Å²) in [6.07, 6.45) is 7.19. The molecule has 0 saturated heterocycles. The van der Waals surface area contributed by atoms with Gasteiger partial charge in [-0.15, -0.1) is 0 Å². The summed E-state index contributed by atoms with van der Waals surface area (Å²) >= 11 is 6.72. The third-order valence-corrected chi connectivity index (χ3v) is 8.28. The number of carbonyl (C=O) groups excluding carboxylic acids is 1. The predicted molar refractivity (Wildman–Crippen MR) is 167 cm³/mol. The SMILES string of the molecule is Cc1c(COc2cc3c(cc2Cl)CCCC[C@H](C(=O)O)CCCCNC(=O)CCCCO3)cccc1-c1ccccc1. The van der Waals surface area contributed by atoms with E-state index in [-0.39, 0.29) is 11.8 Å². The Balaban J connectivity index is 1.48. The topological polar surface area (TPSA) is 84.9 Å². The normalized spacial score (nSPS) is 17.6. The van der Waals surface area contributed by atoms with Gasteiger partial charge in [0.1, 0.15) is 18.1 Å². The summed E-state index contributed by atoms with van der Waals surface area (Å²) in [6, 6.07) is 20.3. The number of halogens is 1. The molecule has 1 atom stereocenters. The summed E-state index contributed by atoms with van der Waals surface area (Å²) < 4.78 is 12.5. The molecule has 1 amide bonds. The lowest BCUT2D eigenvalue weighted by Crippen LogP contribution is -2.24. The zero-order chi connectivity index (χ0) is 29.7. The van der Waals surface area contributed by atoms with E-state index in [0.29, 0.717) is 49.8 Å². The predicted octanol–water partition coefficient (Wildman–Crippen LogP) is 8.16. The molecule has 1 heterocycles. The zero-order valence-electron chi connectivity index (χ0n) is 24.5. The van der Waals surface area contributed by atoms with Crippen LogP contribution >= 0.6 is 11.6 Å². The number of rotatable bonds is 5. The molecule has 224 valence electrons. The van der Waals surface area contributed by atoms with E-state index in [0.717, 1.165) is 67.4 Å². The van der Waals surface area contributed by atoms with Gasteiger partial charge < -0.3 is 19.9 Å². The molecule has 0 spiro atoms. The van der Waals surface area contributed by atoms with Crippen LogP contribution in [0.3, 0.4) is 0 Å². The Morgan fingerprint density at radius 1 is 0.976 bits per heavy atom. The summed E-state index contributed by atoms with van der Waals surface area (Å²) in [5.74, 6) is 0.211. The van der Waals surface area contributed by atoms with Crippen molar-refractivity contribution in [2.24, 2.45) is 5.92 Å². The second-order valence-corrected chi connectivity index (χ2v) is 11.5. The van der Waals surface area contributed by atoms with Gasteiger partial charge in [-0.2, -0.15) is 0 Å². The molecule has 0 aliphatic carbocycles. The number of hydrogen-bond donors (Lipinski definition) is 2. The molecule has 3 aromatic rings. The molecule has 4 rings (SSSR count). The summed E-state index contributed by atoms with van der Waals surface area (Å²) in [7, 11) is 0. The van der Waals surface area contributed by atoms with Crippen LogP contribution in [0.25, 0.3) is 11.1 Å². The molecule has 0 saturated carbocycles. The lowest BCUT2D eigenvalue weighted by Gasteiger charge is -2.17. The molecule has 1 aliphatic heterocycles. The van der Waals surface area contributed by atoms with Gasteiger partial charge in [0.05, 0.1) is 17.5 Å². The number of amides is 1. The van der Waals surface area contributed by atoms with Gasteiger partial charge in [0, 0.05) is 19.0 Å². The van der Waals surface area contributed by atoms with Crippen molar-refractivity contribution in [1.82, 2.24) is 5.32 Å². The maximum absolute atomic E-state index is 12.2. The Bertz CT molecular complexity index is 1330. The van der Waals surface area contributed by atoms with Crippen LogP contribution in [0.15, 0.2) is 60.7 Å². The Morgan fingerprint density at radius 3 is 2.52 bits per heavy atom. The van der Waals surface area contributed by atoms with Crippen LogP contribution in [-0.2, 0) is 22.6 Å². The molecule has 0 radical (unpaired) electrons. The third kappa shape index (κ3) is 9.25. The van der Waals surface area contributed by atoms with E-state index in [9.17, 15) is 14.7 Å². The minimum atomic E-state index is -0.744. The van der Waals surface area contributed by atoms with Crippen molar-refractivity contribution < 1.29 is 24.2 Å². The number of benzene rings is 3. The summed E-state index contributed by atoms with van der Waals surface area (Å²) in [5, 5.41) is 13.1. The van der Waals surface area contributed by atoms with Gasteiger partial charge in [0.25, 0.3) is 0 Å². The van der Waals surface area contributed by atoms with Crippen molar-refractivity contribution in [2.75, 3.05) is 13.2 Å². The smallest absolute Gasteiger partial charge is 0.306 e. The van der Waals surface area contributed by atoms with E-state index >= 15 is 0 Å².